The van der Waals surface area contributed by atoms with Crippen LogP contribution in [0.15, 0.2) is 24.3 Å². The minimum atomic E-state index is -0.128. The molecule has 1 aromatic rings. The van der Waals surface area contributed by atoms with Crippen LogP contribution in [0.3, 0.4) is 0 Å². The highest BCUT2D eigenvalue weighted by molar-refractivity contribution is 5.94. The lowest BCUT2D eigenvalue weighted by Crippen LogP contribution is -2.24. The first kappa shape index (κ1) is 11.1. The number of Topliss-reactive ketones (excluding diaryl/α,β-unsaturated/α-hetero) is 1. The highest BCUT2D eigenvalue weighted by atomic mass is 16.7. The van der Waals surface area contributed by atoms with Crippen molar-refractivity contribution >= 4 is 5.78 Å². The Morgan fingerprint density at radius 3 is 2.62 bits per heavy atom. The fraction of sp³-hybridized carbons (Fsp3) is 0.462. The molecular formula is C13H16O3. The Morgan fingerprint density at radius 2 is 2.06 bits per heavy atom. The van der Waals surface area contributed by atoms with Crippen LogP contribution in [-0.4, -0.2) is 18.7 Å². The summed E-state index contributed by atoms with van der Waals surface area (Å²) in [6.07, 6.45) is 3.07. The molecule has 1 aromatic carbocycles. The first-order chi connectivity index (χ1) is 7.75. The van der Waals surface area contributed by atoms with Gasteiger partial charge in [0.15, 0.2) is 12.1 Å². The maximum absolute atomic E-state index is 11.1. The van der Waals surface area contributed by atoms with Crippen molar-refractivity contribution in [1.29, 1.82) is 0 Å². The van der Waals surface area contributed by atoms with Crippen molar-refractivity contribution in [3.05, 3.63) is 29.8 Å². The van der Waals surface area contributed by atoms with E-state index in [-0.39, 0.29) is 12.1 Å². The molecule has 86 valence electrons. The fourth-order valence-corrected chi connectivity index (χ4v) is 1.72. The summed E-state index contributed by atoms with van der Waals surface area (Å²) in [4.78, 5) is 11.1. The molecule has 2 rings (SSSR count). The van der Waals surface area contributed by atoms with Crippen LogP contribution in [0.5, 0.6) is 5.75 Å². The molecule has 1 atom stereocenters. The molecule has 0 aromatic heterocycles. The first-order valence-corrected chi connectivity index (χ1v) is 5.65. The van der Waals surface area contributed by atoms with Crippen molar-refractivity contribution in [2.45, 2.75) is 32.5 Å². The van der Waals surface area contributed by atoms with Gasteiger partial charge in [-0.05, 0) is 44.0 Å². The third kappa shape index (κ3) is 2.83. The zero-order valence-corrected chi connectivity index (χ0v) is 9.44. The van der Waals surface area contributed by atoms with Crippen LogP contribution in [0, 0.1) is 0 Å². The number of hydrogen-bond acceptors (Lipinski definition) is 3. The van der Waals surface area contributed by atoms with E-state index in [1.807, 2.05) is 12.1 Å². The Hall–Kier alpha value is -1.35. The average molecular weight is 220 g/mol. The van der Waals surface area contributed by atoms with Crippen molar-refractivity contribution < 1.29 is 14.3 Å². The van der Waals surface area contributed by atoms with E-state index in [1.165, 1.54) is 0 Å². The van der Waals surface area contributed by atoms with Crippen molar-refractivity contribution in [1.82, 2.24) is 0 Å². The number of ether oxygens (including phenoxy) is 2. The lowest BCUT2D eigenvalue weighted by atomic mass is 10.1. The van der Waals surface area contributed by atoms with Crippen molar-refractivity contribution in [3.8, 4) is 5.75 Å². The minimum Gasteiger partial charge on any atom is -0.465 e. The van der Waals surface area contributed by atoms with Gasteiger partial charge in [-0.3, -0.25) is 4.79 Å². The summed E-state index contributed by atoms with van der Waals surface area (Å²) in [5.74, 6) is 0.831. The fourth-order valence-electron chi connectivity index (χ4n) is 1.72. The molecule has 0 radical (unpaired) electrons. The predicted octanol–water partition coefficient (Wildman–Crippen LogP) is 2.79. The summed E-state index contributed by atoms with van der Waals surface area (Å²) in [6, 6.07) is 7.18. The number of carbonyl (C=O) groups is 1. The molecule has 1 saturated heterocycles. The lowest BCUT2D eigenvalue weighted by molar-refractivity contribution is -0.105. The number of hydrogen-bond donors (Lipinski definition) is 0. The van der Waals surface area contributed by atoms with Gasteiger partial charge in [-0.25, -0.2) is 0 Å². The quantitative estimate of drug-likeness (QED) is 0.735. The second-order valence-corrected chi connectivity index (χ2v) is 3.99. The number of carbonyl (C=O) groups excluding carboxylic acids is 1. The molecular weight excluding hydrogens is 204 g/mol. The summed E-state index contributed by atoms with van der Waals surface area (Å²) >= 11 is 0. The molecule has 1 aliphatic heterocycles. The molecule has 3 nitrogen and oxygen atoms in total. The van der Waals surface area contributed by atoms with Gasteiger partial charge < -0.3 is 9.47 Å². The van der Waals surface area contributed by atoms with Crippen LogP contribution < -0.4 is 4.74 Å². The Morgan fingerprint density at radius 1 is 1.31 bits per heavy atom. The van der Waals surface area contributed by atoms with Crippen LogP contribution in [0.4, 0.5) is 0 Å². The highest BCUT2D eigenvalue weighted by Gasteiger charge is 2.14. The second kappa shape index (κ2) is 5.12. The molecule has 16 heavy (non-hydrogen) atoms. The molecule has 0 unspecified atom stereocenters. The van der Waals surface area contributed by atoms with Gasteiger partial charge in [-0.1, -0.05) is 0 Å². The van der Waals surface area contributed by atoms with E-state index in [4.69, 9.17) is 9.47 Å². The Kier molecular flexibility index (Phi) is 3.57. The van der Waals surface area contributed by atoms with E-state index in [2.05, 4.69) is 0 Å². The summed E-state index contributed by atoms with van der Waals surface area (Å²) in [6.45, 7) is 2.33. The molecule has 1 heterocycles. The highest BCUT2D eigenvalue weighted by Crippen LogP contribution is 2.19. The predicted molar refractivity (Wildman–Crippen MR) is 60.7 cm³/mol. The maximum atomic E-state index is 11.1. The molecule has 0 aliphatic carbocycles. The van der Waals surface area contributed by atoms with E-state index < -0.39 is 0 Å². The van der Waals surface area contributed by atoms with E-state index in [1.54, 1.807) is 19.1 Å². The third-order valence-electron chi connectivity index (χ3n) is 2.67. The molecule has 0 bridgehead atoms. The molecule has 0 spiro atoms. The zero-order valence-electron chi connectivity index (χ0n) is 9.44. The first-order valence-electron chi connectivity index (χ1n) is 5.65. The standard InChI is InChI=1S/C13H16O3/c1-10(14)11-5-7-12(8-6-11)16-13-4-2-3-9-15-13/h5-8,13H,2-4,9H2,1H3/t13-/m1/s1. The van der Waals surface area contributed by atoms with Crippen LogP contribution >= 0.6 is 0 Å². The Labute approximate surface area is 95.4 Å². The summed E-state index contributed by atoms with van der Waals surface area (Å²) < 4.78 is 11.1. The number of rotatable bonds is 3. The van der Waals surface area contributed by atoms with Crippen LogP contribution in [0.1, 0.15) is 36.5 Å². The van der Waals surface area contributed by atoms with E-state index >= 15 is 0 Å². The van der Waals surface area contributed by atoms with Crippen LogP contribution in [0.2, 0.25) is 0 Å². The topological polar surface area (TPSA) is 35.5 Å². The zero-order chi connectivity index (χ0) is 11.4. The number of benzene rings is 1. The Bertz CT molecular complexity index is 350. The summed E-state index contributed by atoms with van der Waals surface area (Å²) in [5.41, 5.74) is 0.705. The smallest absolute Gasteiger partial charge is 0.199 e. The molecule has 3 heteroatoms. The maximum Gasteiger partial charge on any atom is 0.199 e. The van der Waals surface area contributed by atoms with Gasteiger partial charge >= 0.3 is 0 Å². The van der Waals surface area contributed by atoms with Gasteiger partial charge in [0.05, 0.1) is 6.61 Å². The number of ketones is 1. The van der Waals surface area contributed by atoms with Crippen molar-refractivity contribution in [2.24, 2.45) is 0 Å². The van der Waals surface area contributed by atoms with Gasteiger partial charge in [0.1, 0.15) is 5.75 Å². The lowest BCUT2D eigenvalue weighted by Gasteiger charge is -2.23. The van der Waals surface area contributed by atoms with Crippen LogP contribution in [-0.2, 0) is 4.74 Å². The summed E-state index contributed by atoms with van der Waals surface area (Å²) in [7, 11) is 0. The van der Waals surface area contributed by atoms with E-state index in [0.29, 0.717) is 5.56 Å². The van der Waals surface area contributed by atoms with Gasteiger partial charge in [0.2, 0.25) is 0 Å². The van der Waals surface area contributed by atoms with Crippen molar-refractivity contribution in [3.63, 3.8) is 0 Å². The molecule has 1 aliphatic rings. The monoisotopic (exact) mass is 220 g/mol. The molecule has 0 saturated carbocycles. The summed E-state index contributed by atoms with van der Waals surface area (Å²) in [5, 5.41) is 0. The Balaban J connectivity index is 1.96. The van der Waals surface area contributed by atoms with Crippen molar-refractivity contribution in [2.75, 3.05) is 6.61 Å². The van der Waals surface area contributed by atoms with Crippen LogP contribution in [0.25, 0.3) is 0 Å². The normalized spacial score (nSPS) is 20.4. The average Bonchev–Trinajstić information content (AvgIpc) is 2.31. The van der Waals surface area contributed by atoms with Gasteiger partial charge in [0.25, 0.3) is 0 Å². The SMILES string of the molecule is CC(=O)c1ccc(O[C@@H]2CCCCO2)cc1. The molecule has 1 fully saturated rings. The molecule has 0 N–H and O–H groups in total. The largest absolute Gasteiger partial charge is 0.465 e. The third-order valence-corrected chi connectivity index (χ3v) is 2.67. The minimum absolute atomic E-state index is 0.0699. The van der Waals surface area contributed by atoms with Gasteiger partial charge in [0, 0.05) is 12.0 Å². The van der Waals surface area contributed by atoms with Gasteiger partial charge in [-0.15, -0.1) is 0 Å². The van der Waals surface area contributed by atoms with E-state index in [0.717, 1.165) is 31.6 Å². The van der Waals surface area contributed by atoms with E-state index in [9.17, 15) is 4.79 Å². The van der Waals surface area contributed by atoms with Gasteiger partial charge in [-0.2, -0.15) is 0 Å². The molecule has 0 amide bonds. The second-order valence-electron chi connectivity index (χ2n) is 3.99.